The molecule has 106 valence electrons. The Kier molecular flexibility index (Phi) is 3.93. The number of hydrogen-bond acceptors (Lipinski definition) is 3. The first kappa shape index (κ1) is 14.3. The first-order valence-corrected chi connectivity index (χ1v) is 6.62. The molecule has 0 aliphatic carbocycles. The average molecular weight is 273 g/mol. The normalized spacial score (nSPS) is 13.8. The van der Waals surface area contributed by atoms with Crippen molar-refractivity contribution < 1.29 is 14.3 Å². The molecule has 1 heterocycles. The highest BCUT2D eigenvalue weighted by atomic mass is 16.5. The van der Waals surface area contributed by atoms with Crippen molar-refractivity contribution >= 4 is 17.8 Å². The Balaban J connectivity index is 2.01. The van der Waals surface area contributed by atoms with E-state index in [0.717, 1.165) is 11.3 Å². The molecule has 0 atom stereocenters. The van der Waals surface area contributed by atoms with Gasteiger partial charge in [0.05, 0.1) is 12.1 Å². The van der Waals surface area contributed by atoms with Crippen LogP contribution in [0.15, 0.2) is 29.8 Å². The number of amides is 1. The van der Waals surface area contributed by atoms with Gasteiger partial charge in [-0.2, -0.15) is 0 Å². The van der Waals surface area contributed by atoms with Crippen molar-refractivity contribution in [2.45, 2.75) is 20.8 Å². The molecular formula is C16H19NO3. The minimum atomic E-state index is -0.447. The highest BCUT2D eigenvalue weighted by molar-refractivity contribution is 6.01. The standard InChI is InChI=1S/C16H19NO3/c1-16(2,3)14(18)9-17-15(19)12-8-11-6-4-5-7-13(11)20-10-12/h4-8H,9-10H2,1-3H3,(H,17,19). The van der Waals surface area contributed by atoms with Crippen molar-refractivity contribution in [2.24, 2.45) is 5.41 Å². The average Bonchev–Trinajstić information content (AvgIpc) is 2.42. The number of carbonyl (C=O) groups excluding carboxylic acids is 2. The van der Waals surface area contributed by atoms with Crippen LogP contribution in [0.5, 0.6) is 5.75 Å². The van der Waals surface area contributed by atoms with Crippen LogP contribution in [0.25, 0.3) is 6.08 Å². The van der Waals surface area contributed by atoms with E-state index in [2.05, 4.69) is 5.32 Å². The smallest absolute Gasteiger partial charge is 0.251 e. The van der Waals surface area contributed by atoms with E-state index < -0.39 is 5.41 Å². The second-order valence-electron chi connectivity index (χ2n) is 5.85. The van der Waals surface area contributed by atoms with Gasteiger partial charge in [-0.3, -0.25) is 9.59 Å². The fraction of sp³-hybridized carbons (Fsp3) is 0.375. The molecule has 4 heteroatoms. The van der Waals surface area contributed by atoms with Gasteiger partial charge < -0.3 is 10.1 Å². The summed E-state index contributed by atoms with van der Waals surface area (Å²) in [4.78, 5) is 23.8. The zero-order valence-electron chi connectivity index (χ0n) is 12.0. The molecule has 1 N–H and O–H groups in total. The van der Waals surface area contributed by atoms with Gasteiger partial charge in [0.15, 0.2) is 5.78 Å². The summed E-state index contributed by atoms with van der Waals surface area (Å²) in [7, 11) is 0. The Hall–Kier alpha value is -2.10. The third-order valence-corrected chi connectivity index (χ3v) is 3.17. The third-order valence-electron chi connectivity index (χ3n) is 3.17. The highest BCUT2D eigenvalue weighted by Crippen LogP contribution is 2.25. The van der Waals surface area contributed by atoms with Crippen LogP contribution < -0.4 is 10.1 Å². The summed E-state index contributed by atoms with van der Waals surface area (Å²) in [5.74, 6) is 0.524. The van der Waals surface area contributed by atoms with Gasteiger partial charge in [0.25, 0.3) is 5.91 Å². The summed E-state index contributed by atoms with van der Waals surface area (Å²) in [5, 5.41) is 2.65. The van der Waals surface area contributed by atoms with Crippen LogP contribution in [-0.4, -0.2) is 24.8 Å². The van der Waals surface area contributed by atoms with Crippen LogP contribution in [-0.2, 0) is 9.59 Å². The maximum atomic E-state index is 12.0. The number of benzene rings is 1. The molecule has 0 saturated heterocycles. The maximum absolute atomic E-state index is 12.0. The Morgan fingerprint density at radius 3 is 2.65 bits per heavy atom. The van der Waals surface area contributed by atoms with Gasteiger partial charge in [-0.15, -0.1) is 0 Å². The van der Waals surface area contributed by atoms with E-state index in [0.29, 0.717) is 5.57 Å². The van der Waals surface area contributed by atoms with Gasteiger partial charge in [0.2, 0.25) is 0 Å². The summed E-state index contributed by atoms with van der Waals surface area (Å²) in [6.45, 7) is 5.77. The molecule has 0 fully saturated rings. The molecule has 4 nitrogen and oxygen atoms in total. The largest absolute Gasteiger partial charge is 0.488 e. The number of hydrogen-bond donors (Lipinski definition) is 1. The predicted molar refractivity (Wildman–Crippen MR) is 77.4 cm³/mol. The van der Waals surface area contributed by atoms with Crippen LogP contribution in [0.1, 0.15) is 26.3 Å². The van der Waals surface area contributed by atoms with Crippen molar-refractivity contribution in [1.29, 1.82) is 0 Å². The van der Waals surface area contributed by atoms with Gasteiger partial charge >= 0.3 is 0 Å². The van der Waals surface area contributed by atoms with Crippen molar-refractivity contribution in [2.75, 3.05) is 13.2 Å². The second-order valence-corrected chi connectivity index (χ2v) is 5.85. The van der Waals surface area contributed by atoms with E-state index in [4.69, 9.17) is 4.74 Å². The first-order valence-electron chi connectivity index (χ1n) is 6.62. The van der Waals surface area contributed by atoms with Crippen molar-refractivity contribution in [3.05, 3.63) is 35.4 Å². The Morgan fingerprint density at radius 1 is 1.25 bits per heavy atom. The molecular weight excluding hydrogens is 254 g/mol. The first-order chi connectivity index (χ1) is 9.38. The Labute approximate surface area is 118 Å². The van der Waals surface area contributed by atoms with Crippen LogP contribution in [0, 0.1) is 5.41 Å². The fourth-order valence-electron chi connectivity index (χ4n) is 1.79. The van der Waals surface area contributed by atoms with Gasteiger partial charge in [-0.1, -0.05) is 39.0 Å². The van der Waals surface area contributed by atoms with Gasteiger partial charge in [-0.05, 0) is 12.1 Å². The summed E-state index contributed by atoms with van der Waals surface area (Å²) in [5.41, 5.74) is 0.966. The summed E-state index contributed by atoms with van der Waals surface area (Å²) < 4.78 is 5.52. The maximum Gasteiger partial charge on any atom is 0.251 e. The lowest BCUT2D eigenvalue weighted by Gasteiger charge is -2.19. The number of Topliss-reactive ketones (excluding diaryl/α,β-unsaturated/α-hetero) is 1. The Morgan fingerprint density at radius 2 is 1.95 bits per heavy atom. The number of fused-ring (bicyclic) bond motifs is 1. The molecule has 0 aromatic heterocycles. The number of rotatable bonds is 3. The third kappa shape index (κ3) is 3.26. The molecule has 20 heavy (non-hydrogen) atoms. The van der Waals surface area contributed by atoms with Gasteiger partial charge in [0.1, 0.15) is 12.4 Å². The van der Waals surface area contributed by atoms with Crippen LogP contribution in [0.4, 0.5) is 0 Å². The molecule has 2 rings (SSSR count). The van der Waals surface area contributed by atoms with E-state index in [1.54, 1.807) is 6.08 Å². The SMILES string of the molecule is CC(C)(C)C(=O)CNC(=O)C1=Cc2ccccc2OC1. The van der Waals surface area contributed by atoms with Crippen molar-refractivity contribution in [3.63, 3.8) is 0 Å². The molecule has 1 aromatic rings. The molecule has 0 radical (unpaired) electrons. The molecule has 0 bridgehead atoms. The molecule has 0 unspecified atom stereocenters. The van der Waals surface area contributed by atoms with Crippen molar-refractivity contribution in [1.82, 2.24) is 5.32 Å². The zero-order chi connectivity index (χ0) is 14.8. The monoisotopic (exact) mass is 273 g/mol. The molecule has 1 aromatic carbocycles. The molecule has 1 aliphatic heterocycles. The number of carbonyl (C=O) groups is 2. The van der Waals surface area contributed by atoms with Crippen LogP contribution >= 0.6 is 0 Å². The number of ketones is 1. The summed E-state index contributed by atoms with van der Waals surface area (Å²) in [6, 6.07) is 7.54. The van der Waals surface area contributed by atoms with Crippen molar-refractivity contribution in [3.8, 4) is 5.75 Å². The Bertz CT molecular complexity index is 567. The lowest BCUT2D eigenvalue weighted by molar-refractivity contribution is -0.128. The molecule has 1 amide bonds. The van der Waals surface area contributed by atoms with E-state index >= 15 is 0 Å². The topological polar surface area (TPSA) is 55.4 Å². The summed E-state index contributed by atoms with van der Waals surface area (Å²) >= 11 is 0. The van der Waals surface area contributed by atoms with E-state index in [9.17, 15) is 9.59 Å². The van der Waals surface area contributed by atoms with E-state index in [-0.39, 0.29) is 24.8 Å². The number of nitrogens with one attached hydrogen (secondary N) is 1. The lowest BCUT2D eigenvalue weighted by Crippen LogP contribution is -2.37. The number of ether oxygens (including phenoxy) is 1. The number of para-hydroxylation sites is 1. The van der Waals surface area contributed by atoms with Crippen LogP contribution in [0.3, 0.4) is 0 Å². The van der Waals surface area contributed by atoms with Gasteiger partial charge in [-0.25, -0.2) is 0 Å². The minimum Gasteiger partial charge on any atom is -0.488 e. The van der Waals surface area contributed by atoms with E-state index in [1.165, 1.54) is 0 Å². The highest BCUT2D eigenvalue weighted by Gasteiger charge is 2.23. The summed E-state index contributed by atoms with van der Waals surface area (Å²) in [6.07, 6.45) is 1.80. The molecule has 0 spiro atoms. The lowest BCUT2D eigenvalue weighted by atomic mass is 9.91. The second kappa shape index (κ2) is 5.49. The van der Waals surface area contributed by atoms with E-state index in [1.807, 2.05) is 45.0 Å². The zero-order valence-corrected chi connectivity index (χ0v) is 12.0. The minimum absolute atomic E-state index is 0.00331. The predicted octanol–water partition coefficient (Wildman–Crippen LogP) is 2.19. The quantitative estimate of drug-likeness (QED) is 0.918. The fourth-order valence-corrected chi connectivity index (χ4v) is 1.79. The molecule has 0 saturated carbocycles. The molecule has 1 aliphatic rings. The van der Waals surface area contributed by atoms with Crippen LogP contribution in [0.2, 0.25) is 0 Å². The van der Waals surface area contributed by atoms with Gasteiger partial charge in [0, 0.05) is 11.0 Å².